The smallest absolute Gasteiger partial charge is 0.161 e. The van der Waals surface area contributed by atoms with E-state index in [4.69, 9.17) is 19.9 Å². The highest BCUT2D eigenvalue weighted by Gasteiger charge is 2.32. The van der Waals surface area contributed by atoms with Crippen LogP contribution in [0.25, 0.3) is 10.8 Å². The lowest BCUT2D eigenvalue weighted by molar-refractivity contribution is 0.149. The summed E-state index contributed by atoms with van der Waals surface area (Å²) in [7, 11) is 3.10. The Bertz CT molecular complexity index is 1070. The Morgan fingerprint density at radius 2 is 1.61 bits per heavy atom. The van der Waals surface area contributed by atoms with Crippen molar-refractivity contribution >= 4 is 10.8 Å². The second-order valence-corrected chi connectivity index (χ2v) is 6.66. The number of fused-ring (bicyclic) bond motifs is 3. The highest BCUT2D eigenvalue weighted by atomic mass is 19.2. The molecule has 0 fully saturated rings. The van der Waals surface area contributed by atoms with Crippen LogP contribution in [0.4, 0.5) is 13.2 Å². The van der Waals surface area contributed by atoms with Crippen LogP contribution >= 0.6 is 0 Å². The molecule has 1 heterocycles. The summed E-state index contributed by atoms with van der Waals surface area (Å²) in [4.78, 5) is 0. The molecule has 2 atom stereocenters. The Hall–Kier alpha value is -2.93. The minimum absolute atomic E-state index is 0.107. The second-order valence-electron chi connectivity index (χ2n) is 6.66. The Kier molecular flexibility index (Phi) is 4.55. The van der Waals surface area contributed by atoms with Crippen molar-refractivity contribution < 1.29 is 27.4 Å². The van der Waals surface area contributed by atoms with Gasteiger partial charge < -0.3 is 19.9 Å². The van der Waals surface area contributed by atoms with Gasteiger partial charge in [-0.3, -0.25) is 0 Å². The van der Waals surface area contributed by atoms with E-state index in [0.29, 0.717) is 29.7 Å². The molecule has 28 heavy (non-hydrogen) atoms. The summed E-state index contributed by atoms with van der Waals surface area (Å²) in [6, 6.07) is 7.93. The molecule has 7 heteroatoms. The number of halogens is 3. The molecule has 1 aliphatic heterocycles. The largest absolute Gasteiger partial charge is 0.493 e. The van der Waals surface area contributed by atoms with Crippen LogP contribution in [0.2, 0.25) is 0 Å². The van der Waals surface area contributed by atoms with Crippen molar-refractivity contribution in [1.29, 1.82) is 0 Å². The maximum atomic E-state index is 14.2. The molecule has 3 aromatic rings. The quantitative estimate of drug-likeness (QED) is 0.680. The van der Waals surface area contributed by atoms with Crippen molar-refractivity contribution in [3.05, 3.63) is 65.0 Å². The SMILES string of the molecule is COc1cc2ccc3c(c2cc1OC)C[C@H](N)C(c1cc(F)c(F)cc1F)O3. The predicted octanol–water partition coefficient (Wildman–Crippen LogP) is 4.28. The van der Waals surface area contributed by atoms with Gasteiger partial charge in [-0.15, -0.1) is 0 Å². The van der Waals surface area contributed by atoms with E-state index in [2.05, 4.69) is 0 Å². The molecule has 1 unspecified atom stereocenters. The predicted molar refractivity (Wildman–Crippen MR) is 98.4 cm³/mol. The van der Waals surface area contributed by atoms with Crippen molar-refractivity contribution in [3.8, 4) is 17.2 Å². The molecular weight excluding hydrogens is 371 g/mol. The zero-order valence-corrected chi connectivity index (χ0v) is 15.3. The van der Waals surface area contributed by atoms with Crippen molar-refractivity contribution in [1.82, 2.24) is 0 Å². The molecule has 0 bridgehead atoms. The fraction of sp³-hybridized carbons (Fsp3) is 0.238. The van der Waals surface area contributed by atoms with E-state index < -0.39 is 29.6 Å². The molecule has 3 aromatic carbocycles. The molecule has 0 aliphatic carbocycles. The highest BCUT2D eigenvalue weighted by molar-refractivity contribution is 5.91. The minimum Gasteiger partial charge on any atom is -0.493 e. The minimum atomic E-state index is -1.25. The van der Waals surface area contributed by atoms with Crippen LogP contribution in [0, 0.1) is 17.5 Å². The summed E-state index contributed by atoms with van der Waals surface area (Å²) in [6.45, 7) is 0. The second kappa shape index (κ2) is 6.91. The zero-order chi connectivity index (χ0) is 20.0. The average molecular weight is 389 g/mol. The van der Waals surface area contributed by atoms with Gasteiger partial charge in [0.1, 0.15) is 17.7 Å². The summed E-state index contributed by atoms with van der Waals surface area (Å²) in [5.41, 5.74) is 6.97. The van der Waals surface area contributed by atoms with Crippen LogP contribution in [0.1, 0.15) is 17.2 Å². The molecule has 4 nitrogen and oxygen atoms in total. The first-order valence-corrected chi connectivity index (χ1v) is 8.67. The van der Waals surface area contributed by atoms with Crippen LogP contribution in [-0.2, 0) is 6.42 Å². The summed E-state index contributed by atoms with van der Waals surface area (Å²) < 4.78 is 57.7. The Morgan fingerprint density at radius 1 is 0.929 bits per heavy atom. The number of ether oxygens (including phenoxy) is 3. The van der Waals surface area contributed by atoms with E-state index >= 15 is 0 Å². The van der Waals surface area contributed by atoms with Gasteiger partial charge in [0, 0.05) is 17.2 Å². The van der Waals surface area contributed by atoms with Gasteiger partial charge in [-0.25, -0.2) is 13.2 Å². The van der Waals surface area contributed by atoms with Gasteiger partial charge >= 0.3 is 0 Å². The fourth-order valence-corrected chi connectivity index (χ4v) is 3.63. The molecule has 0 saturated heterocycles. The first-order valence-electron chi connectivity index (χ1n) is 8.67. The topological polar surface area (TPSA) is 53.7 Å². The molecule has 4 rings (SSSR count). The lowest BCUT2D eigenvalue weighted by Gasteiger charge is -2.32. The normalized spacial score (nSPS) is 18.5. The van der Waals surface area contributed by atoms with Gasteiger partial charge in [0.2, 0.25) is 0 Å². The van der Waals surface area contributed by atoms with Gasteiger partial charge in [-0.2, -0.15) is 0 Å². The lowest BCUT2D eigenvalue weighted by Crippen LogP contribution is -2.38. The molecular formula is C21H18F3NO3. The van der Waals surface area contributed by atoms with Crippen LogP contribution < -0.4 is 19.9 Å². The van der Waals surface area contributed by atoms with Gasteiger partial charge in [0.05, 0.1) is 20.3 Å². The highest BCUT2D eigenvalue weighted by Crippen LogP contribution is 2.42. The third-order valence-electron chi connectivity index (χ3n) is 5.02. The lowest BCUT2D eigenvalue weighted by atomic mass is 9.90. The van der Waals surface area contributed by atoms with Gasteiger partial charge in [-0.05, 0) is 41.5 Å². The van der Waals surface area contributed by atoms with Crippen molar-refractivity contribution in [2.75, 3.05) is 14.2 Å². The van der Waals surface area contributed by atoms with E-state index in [9.17, 15) is 13.2 Å². The van der Waals surface area contributed by atoms with E-state index in [0.717, 1.165) is 22.4 Å². The first-order chi connectivity index (χ1) is 13.4. The number of benzene rings is 3. The summed E-state index contributed by atoms with van der Waals surface area (Å²) >= 11 is 0. The molecule has 1 aliphatic rings. The van der Waals surface area contributed by atoms with Gasteiger partial charge in [-0.1, -0.05) is 6.07 Å². The standard InChI is InChI=1S/C21H18F3NO3/c1-26-19-5-10-3-4-18-12(11(10)8-20(19)27-2)7-17(25)21(28-18)13-6-15(23)16(24)9-14(13)22/h3-6,8-9,17,21H,7,25H2,1-2H3/t17-,21?/m0/s1. The molecule has 2 N–H and O–H groups in total. The van der Waals surface area contributed by atoms with Crippen LogP contribution in [0.15, 0.2) is 36.4 Å². The summed E-state index contributed by atoms with van der Waals surface area (Å²) in [5, 5.41) is 1.78. The van der Waals surface area contributed by atoms with E-state index in [1.54, 1.807) is 20.3 Å². The zero-order valence-electron chi connectivity index (χ0n) is 15.3. The number of nitrogens with two attached hydrogens (primary N) is 1. The number of methoxy groups -OCH3 is 2. The Balaban J connectivity index is 1.80. The molecule has 0 amide bonds. The molecule has 0 spiro atoms. The molecule has 0 saturated carbocycles. The van der Waals surface area contributed by atoms with E-state index in [-0.39, 0.29) is 5.56 Å². The number of hydrogen-bond acceptors (Lipinski definition) is 4. The Labute approximate surface area is 159 Å². The average Bonchev–Trinajstić information content (AvgIpc) is 2.69. The van der Waals surface area contributed by atoms with E-state index in [1.165, 1.54) is 0 Å². The van der Waals surface area contributed by atoms with Crippen LogP contribution in [0.5, 0.6) is 17.2 Å². The van der Waals surface area contributed by atoms with Gasteiger partial charge in [0.15, 0.2) is 23.1 Å². The summed E-state index contributed by atoms with van der Waals surface area (Å²) in [6.07, 6.45) is -0.564. The Morgan fingerprint density at radius 3 is 2.32 bits per heavy atom. The van der Waals surface area contributed by atoms with Crippen LogP contribution in [0.3, 0.4) is 0 Å². The number of hydrogen-bond donors (Lipinski definition) is 1. The monoisotopic (exact) mass is 389 g/mol. The third-order valence-corrected chi connectivity index (χ3v) is 5.02. The molecule has 0 aromatic heterocycles. The molecule has 0 radical (unpaired) electrons. The maximum absolute atomic E-state index is 14.2. The maximum Gasteiger partial charge on any atom is 0.161 e. The fourth-order valence-electron chi connectivity index (χ4n) is 3.63. The van der Waals surface area contributed by atoms with Crippen molar-refractivity contribution in [3.63, 3.8) is 0 Å². The van der Waals surface area contributed by atoms with Crippen LogP contribution in [-0.4, -0.2) is 20.3 Å². The van der Waals surface area contributed by atoms with Crippen molar-refractivity contribution in [2.45, 2.75) is 18.6 Å². The first kappa shape index (κ1) is 18.4. The van der Waals surface area contributed by atoms with Gasteiger partial charge in [0.25, 0.3) is 0 Å². The number of rotatable bonds is 3. The van der Waals surface area contributed by atoms with E-state index in [1.807, 2.05) is 18.2 Å². The van der Waals surface area contributed by atoms with Crippen molar-refractivity contribution in [2.24, 2.45) is 5.73 Å². The molecule has 146 valence electrons. The third kappa shape index (κ3) is 2.92. The summed E-state index contributed by atoms with van der Waals surface area (Å²) in [5.74, 6) is -1.62.